The fourth-order valence-electron chi connectivity index (χ4n) is 3.31. The quantitative estimate of drug-likeness (QED) is 0.160. The van der Waals surface area contributed by atoms with E-state index in [1.165, 1.54) is 0 Å². The molecule has 4 aromatic carbocycles. The third kappa shape index (κ3) is 6.97. The monoisotopic (exact) mass is 671 g/mol. The van der Waals surface area contributed by atoms with E-state index in [2.05, 4.69) is 68.4 Å². The molecule has 0 fully saturated rings. The number of aryl methyl sites for hydroxylation is 2. The van der Waals surface area contributed by atoms with Crippen molar-refractivity contribution in [2.24, 2.45) is 9.98 Å². The van der Waals surface area contributed by atoms with Gasteiger partial charge in [0.1, 0.15) is 0 Å². The first kappa shape index (κ1) is 27.2. The zero-order chi connectivity index (χ0) is 20.8. The summed E-state index contributed by atoms with van der Waals surface area (Å²) in [6.45, 7) is 4.18. The second-order valence-electron chi connectivity index (χ2n) is 7.06. The van der Waals surface area contributed by atoms with E-state index in [9.17, 15) is 0 Å². The van der Waals surface area contributed by atoms with Gasteiger partial charge in [0.25, 0.3) is 0 Å². The summed E-state index contributed by atoms with van der Waals surface area (Å²) in [4.78, 5) is 10.1. The summed E-state index contributed by atoms with van der Waals surface area (Å²) in [7, 11) is 0. The molecule has 0 aliphatic rings. The van der Waals surface area contributed by atoms with Crippen LogP contribution in [0.15, 0.2) is 107 Å². The standard InChI is InChI=1S/C28H22N2.2Pr.H2/c1-21-13-12-14-22(2)26(21)30-28(24-17-8-4-9-18-24)27(23-15-6-3-7-16-23)29-25-19-10-5-11-20-25;;;/h3-18H,1-2H3;;;1H/q-2;;;/i;;;1+1. The molecule has 4 heteroatoms. The molecule has 0 N–H and O–H groups in total. The molecule has 0 bridgehead atoms. The Morgan fingerprint density at radius 1 is 0.594 bits per heavy atom. The zero-order valence-corrected chi connectivity index (χ0v) is 25.7. The van der Waals surface area contributed by atoms with Gasteiger partial charge in [-0.2, -0.15) is 5.69 Å². The Kier molecular flexibility index (Phi) is 11.6. The van der Waals surface area contributed by atoms with Crippen LogP contribution in [0.25, 0.3) is 0 Å². The normalized spacial score (nSPS) is 11.3. The summed E-state index contributed by atoms with van der Waals surface area (Å²) >= 11 is 0. The van der Waals surface area contributed by atoms with Gasteiger partial charge in [0.05, 0.1) is 17.1 Å². The maximum atomic E-state index is 5.16. The third-order valence-electron chi connectivity index (χ3n) is 4.84. The molecule has 4 rings (SSSR count). The molecule has 2 radical (unpaired) electrons. The maximum Gasteiger partial charge on any atom is 0.0970 e. The molecule has 2 nitrogen and oxygen atoms in total. The van der Waals surface area contributed by atoms with Crippen LogP contribution < -0.4 is 0 Å². The van der Waals surface area contributed by atoms with Gasteiger partial charge in [0.15, 0.2) is 0 Å². The van der Waals surface area contributed by atoms with E-state index in [0.29, 0.717) is 5.69 Å². The molecule has 0 aliphatic heterocycles. The van der Waals surface area contributed by atoms with E-state index in [1.807, 2.05) is 54.6 Å². The molecule has 0 aliphatic carbocycles. The van der Waals surface area contributed by atoms with E-state index in [1.54, 1.807) is 0 Å². The van der Waals surface area contributed by atoms with Gasteiger partial charge < -0.3 is 12.1 Å². The van der Waals surface area contributed by atoms with Crippen molar-refractivity contribution in [3.05, 3.63) is 131 Å². The van der Waals surface area contributed by atoms with Crippen molar-refractivity contribution in [2.75, 3.05) is 0 Å². The first-order valence-corrected chi connectivity index (χ1v) is 9.95. The molecule has 0 atom stereocenters. The second-order valence-corrected chi connectivity index (χ2v) is 7.06. The summed E-state index contributed by atoms with van der Waals surface area (Å²) in [5, 5.41) is 0. The van der Waals surface area contributed by atoms with Crippen LogP contribution in [0.4, 0.5) is 11.4 Å². The van der Waals surface area contributed by atoms with Gasteiger partial charge in [-0.05, 0) is 25.0 Å². The number of benzene rings is 4. The van der Waals surface area contributed by atoms with Gasteiger partial charge in [-0.15, -0.1) is 0 Å². The van der Waals surface area contributed by atoms with Crippen LogP contribution >= 0.6 is 0 Å². The Morgan fingerprint density at radius 3 is 1.56 bits per heavy atom. The Hall–Kier alpha value is -1.05. The van der Waals surface area contributed by atoms with E-state index in [4.69, 9.17) is 9.98 Å². The molecular formula is C28H24N2Pr2-2. The molecule has 0 saturated carbocycles. The predicted molar refractivity (Wildman–Crippen MR) is 127 cm³/mol. The van der Waals surface area contributed by atoms with Crippen molar-refractivity contribution in [3.8, 4) is 0 Å². The van der Waals surface area contributed by atoms with Crippen LogP contribution in [0.3, 0.4) is 0 Å². The molecular weight excluding hydrogens is 646 g/mol. The van der Waals surface area contributed by atoms with E-state index in [0.717, 1.165) is 39.4 Å². The molecule has 0 amide bonds. The Balaban J connectivity index is 0.00000181. The van der Waals surface area contributed by atoms with E-state index >= 15 is 0 Å². The average Bonchev–Trinajstić information content (AvgIpc) is 2.80. The molecule has 32 heavy (non-hydrogen) atoms. The third-order valence-corrected chi connectivity index (χ3v) is 4.84. The van der Waals surface area contributed by atoms with Crippen LogP contribution in [0.1, 0.15) is 23.7 Å². The number of nitrogens with zero attached hydrogens (tertiary/aromatic N) is 2. The topological polar surface area (TPSA) is 24.7 Å². The fraction of sp³-hybridized carbons (Fsp3) is 0.0714. The zero-order valence-electron chi connectivity index (χ0n) is 18.3. The summed E-state index contributed by atoms with van der Waals surface area (Å²) in [6, 6.07) is 38.5. The predicted octanol–water partition coefficient (Wildman–Crippen LogP) is 7.09. The van der Waals surface area contributed by atoms with Crippen LogP contribution in [0.2, 0.25) is 0 Å². The average molecular weight is 671 g/mol. The SMILES string of the molecule is Cc1cccc(C)c1N=C(C(=Nc1[c-]ccc[c-]1)c1ccccc1)c1ccccc1.[2HH].[Pr].[Pr]. The first-order valence-electron chi connectivity index (χ1n) is 9.95. The van der Waals surface area contributed by atoms with Crippen molar-refractivity contribution in [2.45, 2.75) is 13.8 Å². The van der Waals surface area contributed by atoms with Gasteiger partial charge in [-0.3, -0.25) is 23.2 Å². The van der Waals surface area contributed by atoms with Crippen molar-refractivity contribution in [1.82, 2.24) is 0 Å². The summed E-state index contributed by atoms with van der Waals surface area (Å²) in [6.07, 6.45) is 0. The van der Waals surface area contributed by atoms with Gasteiger partial charge in [-0.1, -0.05) is 78.9 Å². The minimum absolute atomic E-state index is 0. The minimum Gasteiger partial charge on any atom is -0.333 e. The molecule has 0 spiro atoms. The Morgan fingerprint density at radius 2 is 1.06 bits per heavy atom. The largest absolute Gasteiger partial charge is 0.333 e. The van der Waals surface area contributed by atoms with Crippen LogP contribution in [0.5, 0.6) is 0 Å². The number of hydrogen-bond donors (Lipinski definition) is 0. The number of aliphatic imine (C=N–C) groups is 2. The minimum atomic E-state index is 0. The Labute approximate surface area is 258 Å². The molecule has 0 heterocycles. The van der Waals surface area contributed by atoms with Crippen molar-refractivity contribution in [3.63, 3.8) is 0 Å². The number of para-hydroxylation sites is 2. The van der Waals surface area contributed by atoms with Crippen molar-refractivity contribution < 1.29 is 84.0 Å². The van der Waals surface area contributed by atoms with E-state index < -0.39 is 0 Å². The maximum absolute atomic E-state index is 5.16. The van der Waals surface area contributed by atoms with Gasteiger partial charge >= 0.3 is 0 Å². The molecule has 0 unspecified atom stereocenters. The summed E-state index contributed by atoms with van der Waals surface area (Å²) in [5.41, 5.74) is 7.52. The Bertz CT molecular complexity index is 1170. The number of rotatable bonds is 5. The summed E-state index contributed by atoms with van der Waals surface area (Å²) in [5.74, 6) is 0. The van der Waals surface area contributed by atoms with Crippen LogP contribution in [-0.4, -0.2) is 11.4 Å². The molecule has 0 aromatic heterocycles. The molecule has 0 saturated heterocycles. The van der Waals surface area contributed by atoms with Gasteiger partial charge in [0.2, 0.25) is 0 Å². The molecule has 154 valence electrons. The first-order chi connectivity index (χ1) is 14.7. The smallest absolute Gasteiger partial charge is 0.0970 e. The van der Waals surface area contributed by atoms with E-state index in [-0.39, 0.29) is 84.0 Å². The van der Waals surface area contributed by atoms with Crippen LogP contribution in [-0.2, 0) is 0 Å². The van der Waals surface area contributed by atoms with Crippen LogP contribution in [0, 0.1) is 109 Å². The van der Waals surface area contributed by atoms with Gasteiger partial charge in [-0.25, -0.2) is 4.99 Å². The number of hydrogen-bond acceptors (Lipinski definition) is 2. The van der Waals surface area contributed by atoms with Crippen molar-refractivity contribution >= 4 is 22.8 Å². The second kappa shape index (κ2) is 13.6. The fourth-order valence-corrected chi connectivity index (χ4v) is 3.31. The molecule has 4 aromatic rings. The van der Waals surface area contributed by atoms with Crippen molar-refractivity contribution in [1.29, 1.82) is 0 Å². The van der Waals surface area contributed by atoms with Gasteiger partial charge in [0, 0.05) is 95.1 Å². The summed E-state index contributed by atoms with van der Waals surface area (Å²) < 4.78 is 0.